The van der Waals surface area contributed by atoms with Crippen LogP contribution in [0.5, 0.6) is 11.5 Å². The fourth-order valence-corrected chi connectivity index (χ4v) is 2.16. The van der Waals surface area contributed by atoms with Gasteiger partial charge in [-0.25, -0.2) is 0 Å². The summed E-state index contributed by atoms with van der Waals surface area (Å²) in [6, 6.07) is 9.14. The van der Waals surface area contributed by atoms with Crippen molar-refractivity contribution in [3.8, 4) is 11.5 Å². The number of methoxy groups -OCH3 is 1. The third-order valence-electron chi connectivity index (χ3n) is 3.40. The fraction of sp³-hybridized carbons (Fsp3) is 0.333. The number of nitrogens with one attached hydrogen (secondary N) is 2. The lowest BCUT2D eigenvalue weighted by molar-refractivity contribution is -0.116. The van der Waals surface area contributed by atoms with Crippen molar-refractivity contribution in [3.05, 3.63) is 48.3 Å². The smallest absolute Gasteiger partial charge is 0.224 e. The summed E-state index contributed by atoms with van der Waals surface area (Å²) in [4.78, 5) is 16.0. The molecule has 144 valence electrons. The summed E-state index contributed by atoms with van der Waals surface area (Å²) in [6.07, 6.45) is 4.73. The van der Waals surface area contributed by atoms with Crippen LogP contribution in [0.1, 0.15) is 18.4 Å². The minimum atomic E-state index is -0.0198. The molecule has 0 bridgehead atoms. The van der Waals surface area contributed by atoms with Gasteiger partial charge in [0.25, 0.3) is 0 Å². The number of pyridine rings is 1. The van der Waals surface area contributed by atoms with Gasteiger partial charge in [-0.05, 0) is 38.2 Å². The van der Waals surface area contributed by atoms with Crippen molar-refractivity contribution in [1.29, 1.82) is 0 Å². The van der Waals surface area contributed by atoms with E-state index in [-0.39, 0.29) is 30.7 Å². The third-order valence-corrected chi connectivity index (χ3v) is 3.40. The molecule has 0 aliphatic rings. The van der Waals surface area contributed by atoms with Crippen LogP contribution in [0.4, 0.5) is 5.69 Å². The molecule has 2 rings (SSSR count). The molecule has 2 N–H and O–H groups in total. The zero-order valence-corrected chi connectivity index (χ0v) is 16.5. The molecular weight excluding hydrogens is 377 g/mol. The van der Waals surface area contributed by atoms with E-state index in [4.69, 9.17) is 9.47 Å². The van der Waals surface area contributed by atoms with Crippen LogP contribution < -0.4 is 20.1 Å². The normalized spacial score (nSPS) is 9.46. The van der Waals surface area contributed by atoms with Gasteiger partial charge in [-0.15, -0.1) is 24.8 Å². The molecule has 2 aromatic rings. The Bertz CT molecular complexity index is 657. The highest BCUT2D eigenvalue weighted by atomic mass is 35.5. The number of carbonyl (C=O) groups is 1. The molecule has 0 spiro atoms. The molecule has 0 unspecified atom stereocenters. The van der Waals surface area contributed by atoms with Crippen LogP contribution in [0.15, 0.2) is 42.7 Å². The zero-order chi connectivity index (χ0) is 17.2. The van der Waals surface area contributed by atoms with E-state index in [1.165, 1.54) is 0 Å². The lowest BCUT2D eigenvalue weighted by Gasteiger charge is -2.13. The number of hydrogen-bond donors (Lipinski definition) is 2. The first-order valence-electron chi connectivity index (χ1n) is 7.87. The minimum absolute atomic E-state index is 0. The Labute approximate surface area is 166 Å². The Morgan fingerprint density at radius 2 is 2.00 bits per heavy atom. The third kappa shape index (κ3) is 7.91. The summed E-state index contributed by atoms with van der Waals surface area (Å²) in [7, 11) is 3.45. The summed E-state index contributed by atoms with van der Waals surface area (Å²) in [6.45, 7) is 1.19. The molecule has 8 heteroatoms. The van der Waals surface area contributed by atoms with Gasteiger partial charge in [0.15, 0.2) is 11.5 Å². The number of halogens is 2. The van der Waals surface area contributed by atoms with Crippen molar-refractivity contribution in [2.75, 3.05) is 26.0 Å². The molecule has 0 radical (unpaired) electrons. The molecule has 1 aromatic heterocycles. The second-order valence-electron chi connectivity index (χ2n) is 5.27. The van der Waals surface area contributed by atoms with Crippen LogP contribution >= 0.6 is 24.8 Å². The number of benzene rings is 1. The van der Waals surface area contributed by atoms with Gasteiger partial charge in [-0.2, -0.15) is 0 Å². The van der Waals surface area contributed by atoms with Gasteiger partial charge >= 0.3 is 0 Å². The summed E-state index contributed by atoms with van der Waals surface area (Å²) >= 11 is 0. The highest BCUT2D eigenvalue weighted by molar-refractivity contribution is 5.91. The summed E-state index contributed by atoms with van der Waals surface area (Å²) in [5, 5.41) is 5.90. The van der Waals surface area contributed by atoms with Crippen molar-refractivity contribution in [2.24, 2.45) is 0 Å². The second kappa shape index (κ2) is 13.2. The molecule has 0 atom stereocenters. The topological polar surface area (TPSA) is 72.5 Å². The lowest BCUT2D eigenvalue weighted by atomic mass is 10.2. The van der Waals surface area contributed by atoms with Crippen molar-refractivity contribution >= 4 is 36.4 Å². The van der Waals surface area contributed by atoms with Crippen molar-refractivity contribution in [2.45, 2.75) is 19.4 Å². The van der Waals surface area contributed by atoms with Gasteiger partial charge in [-0.1, -0.05) is 6.07 Å². The molecule has 1 amide bonds. The van der Waals surface area contributed by atoms with Gasteiger partial charge in [0.1, 0.15) is 6.61 Å². The van der Waals surface area contributed by atoms with Crippen LogP contribution in [-0.2, 0) is 11.4 Å². The van der Waals surface area contributed by atoms with Crippen LogP contribution in [0.25, 0.3) is 0 Å². The molecule has 0 aliphatic carbocycles. The first-order chi connectivity index (χ1) is 11.7. The summed E-state index contributed by atoms with van der Waals surface area (Å²) in [5.74, 6) is 1.18. The maximum Gasteiger partial charge on any atom is 0.224 e. The maximum atomic E-state index is 11.9. The SMILES string of the molecule is CNCCCC(=O)Nc1ccc(OC)c(OCc2cccnc2)c1.Cl.Cl. The van der Waals surface area contributed by atoms with E-state index in [1.54, 1.807) is 37.7 Å². The fourth-order valence-electron chi connectivity index (χ4n) is 2.16. The van der Waals surface area contributed by atoms with Crippen LogP contribution in [0.2, 0.25) is 0 Å². The van der Waals surface area contributed by atoms with E-state index in [1.807, 2.05) is 19.2 Å². The summed E-state index contributed by atoms with van der Waals surface area (Å²) in [5.41, 5.74) is 1.65. The van der Waals surface area contributed by atoms with Crippen LogP contribution in [0.3, 0.4) is 0 Å². The number of ether oxygens (including phenoxy) is 2. The zero-order valence-electron chi connectivity index (χ0n) is 14.9. The lowest BCUT2D eigenvalue weighted by Crippen LogP contribution is -2.15. The Morgan fingerprint density at radius 1 is 1.19 bits per heavy atom. The average Bonchev–Trinajstić information content (AvgIpc) is 2.61. The molecule has 0 saturated heterocycles. The molecule has 0 aliphatic heterocycles. The molecule has 0 saturated carbocycles. The number of rotatable bonds is 9. The maximum absolute atomic E-state index is 11.9. The van der Waals surface area contributed by atoms with Gasteiger partial charge in [0.05, 0.1) is 7.11 Å². The molecule has 1 aromatic carbocycles. The van der Waals surface area contributed by atoms with E-state index < -0.39 is 0 Å². The van der Waals surface area contributed by atoms with Gasteiger partial charge in [0.2, 0.25) is 5.91 Å². The Morgan fingerprint density at radius 3 is 2.65 bits per heavy atom. The van der Waals surface area contributed by atoms with Gasteiger partial charge in [0, 0.05) is 36.1 Å². The number of aromatic nitrogens is 1. The highest BCUT2D eigenvalue weighted by Crippen LogP contribution is 2.31. The van der Waals surface area contributed by atoms with E-state index in [2.05, 4.69) is 15.6 Å². The predicted molar refractivity (Wildman–Crippen MR) is 108 cm³/mol. The molecular formula is C18H25Cl2N3O3. The van der Waals surface area contributed by atoms with E-state index in [0.29, 0.717) is 30.2 Å². The molecule has 6 nitrogen and oxygen atoms in total. The van der Waals surface area contributed by atoms with Gasteiger partial charge < -0.3 is 20.1 Å². The van der Waals surface area contributed by atoms with E-state index >= 15 is 0 Å². The monoisotopic (exact) mass is 401 g/mol. The molecule has 0 fully saturated rings. The largest absolute Gasteiger partial charge is 0.493 e. The number of anilines is 1. The Balaban J connectivity index is 0.00000312. The Kier molecular flexibility index (Phi) is 12.2. The molecule has 1 heterocycles. The molecule has 26 heavy (non-hydrogen) atoms. The first kappa shape index (κ1) is 24.0. The highest BCUT2D eigenvalue weighted by Gasteiger charge is 2.09. The predicted octanol–water partition coefficient (Wildman–Crippen LogP) is 3.45. The quantitative estimate of drug-likeness (QED) is 0.629. The minimum Gasteiger partial charge on any atom is -0.493 e. The number of nitrogens with zero attached hydrogens (tertiary/aromatic N) is 1. The number of hydrogen-bond acceptors (Lipinski definition) is 5. The average molecular weight is 402 g/mol. The van der Waals surface area contributed by atoms with Crippen LogP contribution in [0, 0.1) is 0 Å². The Hall–Kier alpha value is -2.02. The number of amides is 1. The van der Waals surface area contributed by atoms with Crippen molar-refractivity contribution < 1.29 is 14.3 Å². The second-order valence-corrected chi connectivity index (χ2v) is 5.27. The van der Waals surface area contributed by atoms with Crippen LogP contribution in [-0.4, -0.2) is 31.6 Å². The first-order valence-corrected chi connectivity index (χ1v) is 7.87. The van der Waals surface area contributed by atoms with E-state index in [9.17, 15) is 4.79 Å². The standard InChI is InChI=1S/C18H23N3O3.2ClH/c1-19-9-4-6-18(22)21-15-7-8-16(23-2)17(11-15)24-13-14-5-3-10-20-12-14;;/h3,5,7-8,10-12,19H,4,6,9,13H2,1-2H3,(H,21,22);2*1H. The summed E-state index contributed by atoms with van der Waals surface area (Å²) < 4.78 is 11.1. The number of carbonyl (C=O) groups excluding carboxylic acids is 1. The van der Waals surface area contributed by atoms with Crippen molar-refractivity contribution in [1.82, 2.24) is 10.3 Å². The van der Waals surface area contributed by atoms with Crippen molar-refractivity contribution in [3.63, 3.8) is 0 Å². The van der Waals surface area contributed by atoms with Gasteiger partial charge in [-0.3, -0.25) is 9.78 Å². The van der Waals surface area contributed by atoms with E-state index in [0.717, 1.165) is 18.5 Å².